The fourth-order valence-corrected chi connectivity index (χ4v) is 4.22. The Labute approximate surface area is 180 Å². The van der Waals surface area contributed by atoms with Crippen LogP contribution in [0.2, 0.25) is 0 Å². The number of benzene rings is 2. The van der Waals surface area contributed by atoms with Gasteiger partial charge in [-0.05, 0) is 56.9 Å². The Kier molecular flexibility index (Phi) is 5.45. The first kappa shape index (κ1) is 20.9. The highest BCUT2D eigenvalue weighted by Crippen LogP contribution is 2.42. The van der Waals surface area contributed by atoms with Gasteiger partial charge in [-0.1, -0.05) is 0 Å². The van der Waals surface area contributed by atoms with E-state index in [-0.39, 0.29) is 11.3 Å². The molecule has 0 atom stereocenters. The molecule has 0 radical (unpaired) electrons. The minimum absolute atomic E-state index is 0.175. The zero-order valence-corrected chi connectivity index (χ0v) is 18.4. The van der Waals surface area contributed by atoms with Crippen molar-refractivity contribution in [3.63, 3.8) is 0 Å². The summed E-state index contributed by atoms with van der Waals surface area (Å²) in [5, 5.41) is 0.678. The van der Waals surface area contributed by atoms with E-state index in [0.29, 0.717) is 57.0 Å². The topological polar surface area (TPSA) is 70.0 Å². The molecule has 0 saturated heterocycles. The van der Waals surface area contributed by atoms with E-state index < -0.39 is 0 Å². The summed E-state index contributed by atoms with van der Waals surface area (Å²) in [5.41, 5.74) is 2.46. The molecule has 4 rings (SSSR count). The minimum Gasteiger partial charge on any atom is -0.497 e. The summed E-state index contributed by atoms with van der Waals surface area (Å²) in [4.78, 5) is 29.1. The van der Waals surface area contributed by atoms with Crippen LogP contribution in [0.5, 0.6) is 17.2 Å². The van der Waals surface area contributed by atoms with Crippen LogP contribution in [0.15, 0.2) is 35.1 Å². The Morgan fingerprint density at radius 3 is 2.23 bits per heavy atom. The van der Waals surface area contributed by atoms with E-state index in [4.69, 9.17) is 14.2 Å². The van der Waals surface area contributed by atoms with Crippen molar-refractivity contribution in [3.8, 4) is 28.4 Å². The maximum absolute atomic E-state index is 13.7. The normalized spacial score (nSPS) is 12.3. The summed E-state index contributed by atoms with van der Waals surface area (Å²) in [6.07, 6.45) is 0.790. The number of nitrogens with zero attached hydrogens (tertiary/aromatic N) is 2. The number of hydrogen-bond acceptors (Lipinski definition) is 6. The maximum Gasteiger partial charge on any atom is 0.259 e. The van der Waals surface area contributed by atoms with Crippen LogP contribution in [0.4, 0.5) is 0 Å². The molecule has 1 aliphatic carbocycles. The van der Waals surface area contributed by atoms with E-state index in [1.807, 2.05) is 14.1 Å². The van der Waals surface area contributed by atoms with Crippen LogP contribution < -0.4 is 19.8 Å². The Morgan fingerprint density at radius 2 is 1.58 bits per heavy atom. The van der Waals surface area contributed by atoms with E-state index in [2.05, 4.69) is 4.90 Å². The standard InChI is InChI=1S/C24H26N2O5/c1-25(2)9-6-10-26-18-13-20(31-5)19(30-4)12-17(18)21-22(24(26)28)15-8-7-14(29-3)11-16(15)23(21)27/h7-8,11-13H,6,9-10H2,1-5H3. The van der Waals surface area contributed by atoms with Gasteiger partial charge < -0.3 is 23.7 Å². The average molecular weight is 422 g/mol. The van der Waals surface area contributed by atoms with Gasteiger partial charge in [0.25, 0.3) is 5.56 Å². The number of aryl methyl sites for hydroxylation is 1. The lowest BCUT2D eigenvalue weighted by atomic mass is 10.0. The van der Waals surface area contributed by atoms with Gasteiger partial charge in [-0.3, -0.25) is 9.59 Å². The highest BCUT2D eigenvalue weighted by molar-refractivity contribution is 6.27. The number of rotatable bonds is 7. The van der Waals surface area contributed by atoms with Gasteiger partial charge >= 0.3 is 0 Å². The van der Waals surface area contributed by atoms with E-state index in [9.17, 15) is 9.59 Å². The van der Waals surface area contributed by atoms with Gasteiger partial charge in [0.05, 0.1) is 32.4 Å². The van der Waals surface area contributed by atoms with Crippen molar-refractivity contribution in [3.05, 3.63) is 51.8 Å². The smallest absolute Gasteiger partial charge is 0.259 e. The summed E-state index contributed by atoms with van der Waals surface area (Å²) in [6, 6.07) is 8.82. The van der Waals surface area contributed by atoms with Gasteiger partial charge in [-0.25, -0.2) is 0 Å². The first-order valence-electron chi connectivity index (χ1n) is 10.1. The SMILES string of the molecule is COc1ccc2c(c1)C(=O)c1c-2c(=O)n(CCCN(C)C)c2cc(OC)c(OC)cc12. The second-order valence-electron chi connectivity index (χ2n) is 7.83. The van der Waals surface area contributed by atoms with Gasteiger partial charge in [-0.15, -0.1) is 0 Å². The number of ether oxygens (including phenoxy) is 3. The van der Waals surface area contributed by atoms with E-state index in [1.54, 1.807) is 56.2 Å². The summed E-state index contributed by atoms with van der Waals surface area (Å²) in [7, 11) is 8.66. The summed E-state index contributed by atoms with van der Waals surface area (Å²) in [5.74, 6) is 1.42. The third-order valence-corrected chi connectivity index (χ3v) is 5.73. The van der Waals surface area contributed by atoms with Gasteiger partial charge in [-0.2, -0.15) is 0 Å². The molecule has 0 unspecified atom stereocenters. The lowest BCUT2D eigenvalue weighted by Gasteiger charge is -2.17. The van der Waals surface area contributed by atoms with Crippen LogP contribution >= 0.6 is 0 Å². The molecule has 0 N–H and O–H groups in total. The summed E-state index contributed by atoms with van der Waals surface area (Å²) >= 11 is 0. The molecule has 1 heterocycles. The lowest BCUT2D eigenvalue weighted by Crippen LogP contribution is -2.25. The molecule has 0 saturated carbocycles. The molecule has 0 fully saturated rings. The quantitative estimate of drug-likeness (QED) is 0.456. The number of aromatic nitrogens is 1. The summed E-state index contributed by atoms with van der Waals surface area (Å²) in [6.45, 7) is 1.36. The molecule has 7 heteroatoms. The highest BCUT2D eigenvalue weighted by Gasteiger charge is 2.33. The van der Waals surface area contributed by atoms with Crippen LogP contribution in [0.25, 0.3) is 22.0 Å². The van der Waals surface area contributed by atoms with Crippen molar-refractivity contribution in [1.29, 1.82) is 0 Å². The number of pyridine rings is 1. The molecule has 162 valence electrons. The molecule has 31 heavy (non-hydrogen) atoms. The van der Waals surface area contributed by atoms with Crippen LogP contribution in [0.3, 0.4) is 0 Å². The minimum atomic E-state index is -0.182. The number of carbonyl (C=O) groups is 1. The molecular formula is C24H26N2O5. The number of ketones is 1. The van der Waals surface area contributed by atoms with E-state index in [1.165, 1.54) is 0 Å². The van der Waals surface area contributed by atoms with Crippen molar-refractivity contribution < 1.29 is 19.0 Å². The second kappa shape index (κ2) is 8.07. The van der Waals surface area contributed by atoms with Crippen molar-refractivity contribution in [2.45, 2.75) is 13.0 Å². The van der Waals surface area contributed by atoms with Gasteiger partial charge in [0.15, 0.2) is 17.3 Å². The molecule has 2 aromatic carbocycles. The van der Waals surface area contributed by atoms with Crippen molar-refractivity contribution in [2.75, 3.05) is 42.0 Å². The van der Waals surface area contributed by atoms with Crippen molar-refractivity contribution >= 4 is 16.7 Å². The van der Waals surface area contributed by atoms with Crippen LogP contribution in [-0.4, -0.2) is 57.2 Å². The Bertz CT molecular complexity index is 1240. The van der Waals surface area contributed by atoms with Crippen LogP contribution in [0.1, 0.15) is 22.3 Å². The number of hydrogen-bond donors (Lipinski definition) is 0. The Balaban J connectivity index is 2.04. The van der Waals surface area contributed by atoms with Crippen molar-refractivity contribution in [2.24, 2.45) is 0 Å². The number of methoxy groups -OCH3 is 3. The van der Waals surface area contributed by atoms with Gasteiger partial charge in [0.2, 0.25) is 0 Å². The predicted molar refractivity (Wildman–Crippen MR) is 120 cm³/mol. The summed E-state index contributed by atoms with van der Waals surface area (Å²) < 4.78 is 18.0. The fraction of sp³-hybridized carbons (Fsp3) is 0.333. The van der Waals surface area contributed by atoms with E-state index >= 15 is 0 Å². The second-order valence-corrected chi connectivity index (χ2v) is 7.83. The van der Waals surface area contributed by atoms with Crippen LogP contribution in [0, 0.1) is 0 Å². The molecule has 0 amide bonds. The lowest BCUT2D eigenvalue weighted by molar-refractivity contribution is 0.104. The molecule has 0 bridgehead atoms. The maximum atomic E-state index is 13.7. The molecular weight excluding hydrogens is 396 g/mol. The van der Waals surface area contributed by atoms with Crippen molar-refractivity contribution in [1.82, 2.24) is 9.47 Å². The first-order valence-corrected chi connectivity index (χ1v) is 10.1. The largest absolute Gasteiger partial charge is 0.497 e. The third-order valence-electron chi connectivity index (χ3n) is 5.73. The average Bonchev–Trinajstić information content (AvgIpc) is 3.07. The molecule has 0 spiro atoms. The Hall–Kier alpha value is -3.32. The molecule has 3 aromatic rings. The first-order chi connectivity index (χ1) is 14.9. The van der Waals surface area contributed by atoms with Gasteiger partial charge in [0, 0.05) is 29.1 Å². The highest BCUT2D eigenvalue weighted by atomic mass is 16.5. The van der Waals surface area contributed by atoms with E-state index in [0.717, 1.165) is 13.0 Å². The molecule has 1 aromatic heterocycles. The predicted octanol–water partition coefficient (Wildman–Crippen LogP) is 3.19. The monoisotopic (exact) mass is 422 g/mol. The molecule has 7 nitrogen and oxygen atoms in total. The number of carbonyl (C=O) groups excluding carboxylic acids is 1. The third kappa shape index (κ3) is 3.35. The van der Waals surface area contributed by atoms with Crippen LogP contribution in [-0.2, 0) is 6.54 Å². The zero-order valence-electron chi connectivity index (χ0n) is 18.4. The zero-order chi connectivity index (χ0) is 22.3. The number of fused-ring (bicyclic) bond motifs is 5. The van der Waals surface area contributed by atoms with Gasteiger partial charge in [0.1, 0.15) is 5.75 Å². The fourth-order valence-electron chi connectivity index (χ4n) is 4.22. The molecule has 1 aliphatic rings. The Morgan fingerprint density at radius 1 is 0.871 bits per heavy atom. The molecule has 0 aliphatic heterocycles.